The maximum atomic E-state index is 12.7. The number of likely N-dealkylation sites (N-methyl/N-ethyl adjacent to an activating group) is 1. The van der Waals surface area contributed by atoms with Crippen LogP contribution in [0.5, 0.6) is 11.5 Å². The van der Waals surface area contributed by atoms with E-state index in [2.05, 4.69) is 11.9 Å². The molecule has 1 aromatic rings. The van der Waals surface area contributed by atoms with Crippen molar-refractivity contribution >= 4 is 5.78 Å². The molecule has 1 aromatic carbocycles. The van der Waals surface area contributed by atoms with E-state index in [1.165, 1.54) is 6.08 Å². The van der Waals surface area contributed by atoms with Gasteiger partial charge in [-0.1, -0.05) is 12.1 Å². The number of phenols is 1. The second-order valence-corrected chi connectivity index (χ2v) is 7.53. The van der Waals surface area contributed by atoms with Crippen molar-refractivity contribution in [2.24, 2.45) is 5.92 Å². The minimum Gasteiger partial charge on any atom is -0.504 e. The average Bonchev–Trinajstić information content (AvgIpc) is 2.96. The molecule has 0 aromatic heterocycles. The lowest BCUT2D eigenvalue weighted by Gasteiger charge is -2.58. The lowest BCUT2D eigenvalue weighted by Crippen LogP contribution is -2.69. The quantitative estimate of drug-likeness (QED) is 0.756. The van der Waals surface area contributed by atoms with Crippen molar-refractivity contribution in [2.45, 2.75) is 42.9 Å². The molecule has 2 N–H and O–H groups in total. The maximum absolute atomic E-state index is 12.7. The van der Waals surface area contributed by atoms with Crippen LogP contribution >= 0.6 is 0 Å². The lowest BCUT2D eigenvalue weighted by molar-refractivity contribution is -0.148. The molecule has 5 atom stereocenters. The molecular weight excluding hydrogens is 306 g/mol. The standard InChI is InChI=1S/C19H21NO4/c1-10(21)19(23)6-5-12-13-9-11-3-4-14(22)16-15(11)18(12,17(19)24-16)7-8-20(13)2/h3-6,12-13,17,22-23H,7-9H2,1-2H3/t12-,13+,17+,18-,19+/m0/s1/i1D3. The van der Waals surface area contributed by atoms with Crippen LogP contribution in [0.25, 0.3) is 0 Å². The highest BCUT2D eigenvalue weighted by molar-refractivity contribution is 5.89. The van der Waals surface area contributed by atoms with Crippen molar-refractivity contribution in [3.8, 4) is 11.5 Å². The number of hydrogen-bond acceptors (Lipinski definition) is 5. The first kappa shape index (κ1) is 11.7. The summed E-state index contributed by atoms with van der Waals surface area (Å²) >= 11 is 0. The van der Waals surface area contributed by atoms with E-state index in [1.54, 1.807) is 12.1 Å². The predicted molar refractivity (Wildman–Crippen MR) is 87.2 cm³/mol. The Kier molecular flexibility index (Phi) is 2.05. The second-order valence-electron chi connectivity index (χ2n) is 7.53. The summed E-state index contributed by atoms with van der Waals surface area (Å²) < 4.78 is 28.7. The largest absolute Gasteiger partial charge is 0.504 e. The van der Waals surface area contributed by atoms with Crippen LogP contribution in [-0.2, 0) is 16.6 Å². The summed E-state index contributed by atoms with van der Waals surface area (Å²) in [6.45, 7) is -2.22. The van der Waals surface area contributed by atoms with E-state index in [-0.39, 0.29) is 23.5 Å². The Hall–Kier alpha value is -1.85. The molecular formula is C19H21NO4. The van der Waals surface area contributed by atoms with Crippen LogP contribution in [0.2, 0.25) is 0 Å². The Morgan fingerprint density at radius 3 is 3.12 bits per heavy atom. The molecule has 1 fully saturated rings. The van der Waals surface area contributed by atoms with E-state index < -0.39 is 29.8 Å². The zero-order valence-corrected chi connectivity index (χ0v) is 13.3. The summed E-state index contributed by atoms with van der Waals surface area (Å²) in [6.07, 6.45) is 3.44. The van der Waals surface area contributed by atoms with Gasteiger partial charge in [-0.25, -0.2) is 0 Å². The van der Waals surface area contributed by atoms with E-state index in [0.29, 0.717) is 6.42 Å². The zero-order valence-electron chi connectivity index (χ0n) is 16.3. The fourth-order valence-electron chi connectivity index (χ4n) is 5.50. The summed E-state index contributed by atoms with van der Waals surface area (Å²) in [7, 11) is 2.05. The van der Waals surface area contributed by atoms with Crippen LogP contribution in [0, 0.1) is 5.92 Å². The Labute approximate surface area is 144 Å². The molecule has 2 aliphatic carbocycles. The molecule has 0 amide bonds. The van der Waals surface area contributed by atoms with Crippen LogP contribution in [-0.4, -0.2) is 52.2 Å². The Balaban J connectivity index is 1.78. The number of likely N-dealkylation sites (tertiary alicyclic amines) is 1. The van der Waals surface area contributed by atoms with Crippen LogP contribution in [0.1, 0.15) is 28.5 Å². The number of Topliss-reactive ketones (excluding diaryl/α,β-unsaturated/α-hetero) is 1. The van der Waals surface area contributed by atoms with Crippen molar-refractivity contribution < 1.29 is 23.9 Å². The molecule has 5 nitrogen and oxygen atoms in total. The molecule has 5 rings (SSSR count). The molecule has 0 saturated carbocycles. The fourth-order valence-corrected chi connectivity index (χ4v) is 5.50. The summed E-state index contributed by atoms with van der Waals surface area (Å²) in [5, 5.41) is 21.7. The highest BCUT2D eigenvalue weighted by atomic mass is 16.5. The summed E-state index contributed by atoms with van der Waals surface area (Å²) in [6, 6.07) is 3.60. The molecule has 0 radical (unpaired) electrons. The first-order valence-electron chi connectivity index (χ1n) is 9.79. The molecule has 24 heavy (non-hydrogen) atoms. The number of benzene rings is 1. The van der Waals surface area contributed by atoms with Crippen molar-refractivity contribution in [3.05, 3.63) is 35.4 Å². The van der Waals surface area contributed by atoms with Crippen LogP contribution in [0.3, 0.4) is 0 Å². The monoisotopic (exact) mass is 330 g/mol. The van der Waals surface area contributed by atoms with Gasteiger partial charge in [0.1, 0.15) is 6.10 Å². The number of nitrogens with zero attached hydrogens (tertiary/aromatic N) is 1. The van der Waals surface area contributed by atoms with Crippen LogP contribution in [0.4, 0.5) is 0 Å². The third-order valence-electron chi connectivity index (χ3n) is 6.60. The number of aromatic hydroxyl groups is 1. The van der Waals surface area contributed by atoms with Gasteiger partial charge < -0.3 is 19.8 Å². The number of phenolic OH excluding ortho intramolecular Hbond substituents is 1. The average molecular weight is 330 g/mol. The van der Waals surface area contributed by atoms with Gasteiger partial charge in [0, 0.05) is 27.1 Å². The Morgan fingerprint density at radius 2 is 2.33 bits per heavy atom. The van der Waals surface area contributed by atoms with Gasteiger partial charge in [-0.05, 0) is 51.0 Å². The topological polar surface area (TPSA) is 70.0 Å². The van der Waals surface area contributed by atoms with Gasteiger partial charge in [0.15, 0.2) is 22.9 Å². The van der Waals surface area contributed by atoms with E-state index in [9.17, 15) is 15.0 Å². The molecule has 0 unspecified atom stereocenters. The molecule has 2 heterocycles. The van der Waals surface area contributed by atoms with Gasteiger partial charge >= 0.3 is 0 Å². The molecule has 1 spiro atoms. The number of aliphatic hydroxyl groups is 1. The number of ketones is 1. The highest BCUT2D eigenvalue weighted by Gasteiger charge is 2.68. The number of carbonyl (C=O) groups excluding carboxylic acids is 1. The van der Waals surface area contributed by atoms with Gasteiger partial charge in [-0.3, -0.25) is 4.79 Å². The minimum absolute atomic E-state index is 0.0264. The van der Waals surface area contributed by atoms with Crippen molar-refractivity contribution in [1.29, 1.82) is 0 Å². The summed E-state index contributed by atoms with van der Waals surface area (Å²) in [4.78, 5) is 15.0. The molecule has 4 aliphatic rings. The van der Waals surface area contributed by atoms with E-state index >= 15 is 0 Å². The van der Waals surface area contributed by atoms with Gasteiger partial charge in [0.05, 0.1) is 0 Å². The van der Waals surface area contributed by atoms with Gasteiger partial charge in [0.25, 0.3) is 0 Å². The normalized spacial score (nSPS) is 44.1. The zero-order chi connectivity index (χ0) is 19.4. The third kappa shape index (κ3) is 1.38. The third-order valence-corrected chi connectivity index (χ3v) is 6.60. The molecule has 1 saturated heterocycles. The number of ether oxygens (including phenoxy) is 1. The van der Waals surface area contributed by atoms with Crippen LogP contribution < -0.4 is 4.74 Å². The Bertz CT molecular complexity index is 898. The fraction of sp³-hybridized carbons (Fsp3) is 0.526. The van der Waals surface area contributed by atoms with Gasteiger partial charge in [-0.2, -0.15) is 0 Å². The Morgan fingerprint density at radius 1 is 1.50 bits per heavy atom. The van der Waals surface area contributed by atoms with E-state index in [4.69, 9.17) is 8.85 Å². The maximum Gasteiger partial charge on any atom is 0.178 e. The van der Waals surface area contributed by atoms with E-state index in [0.717, 1.165) is 24.1 Å². The molecule has 2 bridgehead atoms. The minimum atomic E-state index is -2.95. The first-order chi connectivity index (χ1) is 12.6. The summed E-state index contributed by atoms with van der Waals surface area (Å²) in [5.74, 6) is -1.02. The molecule has 2 aliphatic heterocycles. The molecule has 126 valence electrons. The number of hydrogen-bond donors (Lipinski definition) is 2. The number of carbonyl (C=O) groups is 1. The van der Waals surface area contributed by atoms with Crippen molar-refractivity contribution in [1.82, 2.24) is 4.90 Å². The van der Waals surface area contributed by atoms with Crippen molar-refractivity contribution in [3.63, 3.8) is 0 Å². The van der Waals surface area contributed by atoms with E-state index in [1.807, 2.05) is 6.07 Å². The van der Waals surface area contributed by atoms with Gasteiger partial charge in [0.2, 0.25) is 0 Å². The number of piperidine rings is 1. The predicted octanol–water partition coefficient (Wildman–Crippen LogP) is 1.16. The SMILES string of the molecule is [2H]C([2H])([2H])C(=O)[C@]1(O)C=C[C@H]2[C@H]3Cc4ccc(O)c5c4[C@@]2(CCN3C)[C@H]1O5. The molecule has 5 heteroatoms. The second kappa shape index (κ2) is 4.21. The lowest BCUT2D eigenvalue weighted by atomic mass is 9.51. The highest BCUT2D eigenvalue weighted by Crippen LogP contribution is 2.63. The number of rotatable bonds is 1. The van der Waals surface area contributed by atoms with Crippen molar-refractivity contribution in [2.75, 3.05) is 13.6 Å². The van der Waals surface area contributed by atoms with Crippen LogP contribution in [0.15, 0.2) is 24.3 Å². The first-order valence-corrected chi connectivity index (χ1v) is 8.29. The smallest absolute Gasteiger partial charge is 0.178 e. The van der Waals surface area contributed by atoms with Gasteiger partial charge in [-0.15, -0.1) is 0 Å². The summed E-state index contributed by atoms with van der Waals surface area (Å²) in [5.41, 5.74) is -1.12.